The van der Waals surface area contributed by atoms with Gasteiger partial charge in [0.15, 0.2) is 0 Å². The predicted octanol–water partition coefficient (Wildman–Crippen LogP) is 1.80. The Morgan fingerprint density at radius 2 is 2.00 bits per heavy atom. The molecule has 4 heteroatoms. The van der Waals surface area contributed by atoms with Crippen molar-refractivity contribution in [3.63, 3.8) is 0 Å². The second-order valence-corrected chi connectivity index (χ2v) is 3.39. The zero-order valence-electron chi connectivity index (χ0n) is 6.81. The van der Waals surface area contributed by atoms with Crippen LogP contribution in [0.1, 0.15) is 19.8 Å². The quantitative estimate of drug-likeness (QED) is 0.635. The average molecular weight is 196 g/mol. The van der Waals surface area contributed by atoms with Gasteiger partial charge in [-0.05, 0) is 12.8 Å². The third kappa shape index (κ3) is 2.09. The molecule has 0 bridgehead atoms. The van der Waals surface area contributed by atoms with E-state index in [9.17, 15) is 8.78 Å². The SMILES string of the molecule is C#CC(C)(N)C1CC(F)(F)C1.Cl. The van der Waals surface area contributed by atoms with E-state index in [4.69, 9.17) is 12.2 Å². The van der Waals surface area contributed by atoms with Gasteiger partial charge >= 0.3 is 0 Å². The minimum atomic E-state index is -2.53. The fourth-order valence-electron chi connectivity index (χ4n) is 1.20. The zero-order chi connectivity index (χ0) is 8.70. The fraction of sp³-hybridized carbons (Fsp3) is 0.750. The van der Waals surface area contributed by atoms with Crippen molar-refractivity contribution in [1.29, 1.82) is 0 Å². The van der Waals surface area contributed by atoms with Crippen LogP contribution in [-0.4, -0.2) is 11.5 Å². The highest BCUT2D eigenvalue weighted by Gasteiger charge is 2.51. The normalized spacial score (nSPS) is 25.9. The van der Waals surface area contributed by atoms with E-state index >= 15 is 0 Å². The summed E-state index contributed by atoms with van der Waals surface area (Å²) < 4.78 is 24.7. The van der Waals surface area contributed by atoms with Gasteiger partial charge in [0.2, 0.25) is 5.92 Å². The highest BCUT2D eigenvalue weighted by Crippen LogP contribution is 2.46. The number of terminal acetylenes is 1. The minimum Gasteiger partial charge on any atom is -0.315 e. The Morgan fingerprint density at radius 3 is 2.25 bits per heavy atom. The smallest absolute Gasteiger partial charge is 0.248 e. The summed E-state index contributed by atoms with van der Waals surface area (Å²) in [6.45, 7) is 1.62. The van der Waals surface area contributed by atoms with Crippen LogP contribution in [0.15, 0.2) is 0 Å². The van der Waals surface area contributed by atoms with Crippen LogP contribution >= 0.6 is 12.4 Å². The molecule has 1 atom stereocenters. The number of nitrogens with two attached hydrogens (primary N) is 1. The largest absolute Gasteiger partial charge is 0.315 e. The first-order chi connectivity index (χ1) is 4.87. The van der Waals surface area contributed by atoms with Crippen molar-refractivity contribution in [1.82, 2.24) is 0 Å². The lowest BCUT2D eigenvalue weighted by Crippen LogP contribution is -2.53. The van der Waals surface area contributed by atoms with Gasteiger partial charge < -0.3 is 5.73 Å². The fourth-order valence-corrected chi connectivity index (χ4v) is 1.20. The van der Waals surface area contributed by atoms with Gasteiger partial charge in [0, 0.05) is 12.8 Å². The first-order valence-corrected chi connectivity index (χ1v) is 3.52. The molecule has 1 nitrogen and oxygen atoms in total. The van der Waals surface area contributed by atoms with Crippen LogP contribution in [0.2, 0.25) is 0 Å². The van der Waals surface area contributed by atoms with E-state index < -0.39 is 11.5 Å². The third-order valence-corrected chi connectivity index (χ3v) is 2.25. The summed E-state index contributed by atoms with van der Waals surface area (Å²) in [5, 5.41) is 0. The lowest BCUT2D eigenvalue weighted by Gasteiger charge is -2.42. The summed E-state index contributed by atoms with van der Waals surface area (Å²) in [5.41, 5.74) is 4.71. The molecule has 0 aromatic rings. The van der Waals surface area contributed by atoms with Gasteiger partial charge in [0.05, 0.1) is 5.54 Å². The molecule has 1 aliphatic carbocycles. The Balaban J connectivity index is 0.00000121. The highest BCUT2D eigenvalue weighted by molar-refractivity contribution is 5.85. The number of halogens is 3. The molecule has 70 valence electrons. The summed E-state index contributed by atoms with van der Waals surface area (Å²) >= 11 is 0. The first kappa shape index (κ1) is 11.7. The van der Waals surface area contributed by atoms with Crippen molar-refractivity contribution < 1.29 is 8.78 Å². The van der Waals surface area contributed by atoms with Gasteiger partial charge in [-0.25, -0.2) is 8.78 Å². The Kier molecular flexibility index (Phi) is 3.11. The summed E-state index contributed by atoms with van der Waals surface area (Å²) in [5.74, 6) is -0.420. The predicted molar refractivity (Wildman–Crippen MR) is 46.3 cm³/mol. The molecule has 1 unspecified atom stereocenters. The monoisotopic (exact) mass is 195 g/mol. The molecule has 0 aromatic heterocycles. The summed E-state index contributed by atoms with van der Waals surface area (Å²) in [7, 11) is 0. The van der Waals surface area contributed by atoms with Crippen LogP contribution in [0.3, 0.4) is 0 Å². The van der Waals surface area contributed by atoms with E-state index in [1.54, 1.807) is 6.92 Å². The molecular formula is C8H12ClF2N. The minimum absolute atomic E-state index is 0. The number of hydrogen-bond acceptors (Lipinski definition) is 1. The third-order valence-electron chi connectivity index (χ3n) is 2.25. The summed E-state index contributed by atoms with van der Waals surface area (Å²) in [6, 6.07) is 0. The van der Waals surface area contributed by atoms with Crippen molar-refractivity contribution in [2.24, 2.45) is 11.7 Å². The van der Waals surface area contributed by atoms with E-state index in [1.165, 1.54) is 0 Å². The van der Waals surface area contributed by atoms with E-state index in [0.29, 0.717) is 0 Å². The van der Waals surface area contributed by atoms with E-state index in [-0.39, 0.29) is 31.2 Å². The second-order valence-electron chi connectivity index (χ2n) is 3.39. The number of hydrogen-bond donors (Lipinski definition) is 1. The molecule has 0 spiro atoms. The first-order valence-electron chi connectivity index (χ1n) is 3.52. The topological polar surface area (TPSA) is 26.0 Å². The zero-order valence-corrected chi connectivity index (χ0v) is 7.63. The molecule has 1 saturated carbocycles. The van der Waals surface area contributed by atoms with Gasteiger partial charge in [0.25, 0.3) is 0 Å². The lowest BCUT2D eigenvalue weighted by molar-refractivity contribution is -0.122. The Labute approximate surface area is 77.1 Å². The average Bonchev–Trinajstić information content (AvgIpc) is 1.83. The second kappa shape index (κ2) is 3.20. The molecule has 0 amide bonds. The maximum atomic E-state index is 12.3. The van der Waals surface area contributed by atoms with E-state index in [0.717, 1.165) is 0 Å². The number of alkyl halides is 2. The Bertz CT molecular complexity index is 200. The maximum absolute atomic E-state index is 12.3. The lowest BCUT2D eigenvalue weighted by atomic mass is 9.70. The Morgan fingerprint density at radius 1 is 1.58 bits per heavy atom. The number of rotatable bonds is 1. The van der Waals surface area contributed by atoms with Crippen molar-refractivity contribution >= 4 is 12.4 Å². The van der Waals surface area contributed by atoms with Crippen LogP contribution in [0.4, 0.5) is 8.78 Å². The molecule has 12 heavy (non-hydrogen) atoms. The van der Waals surface area contributed by atoms with Crippen LogP contribution in [0, 0.1) is 18.3 Å². The molecule has 0 radical (unpaired) electrons. The summed E-state index contributed by atoms with van der Waals surface area (Å²) in [4.78, 5) is 0. The Hall–Kier alpha value is -0.330. The van der Waals surface area contributed by atoms with Gasteiger partial charge in [-0.2, -0.15) is 0 Å². The van der Waals surface area contributed by atoms with Crippen LogP contribution in [0.5, 0.6) is 0 Å². The van der Waals surface area contributed by atoms with Crippen molar-refractivity contribution in [3.8, 4) is 12.3 Å². The molecule has 0 saturated heterocycles. The van der Waals surface area contributed by atoms with Crippen LogP contribution < -0.4 is 5.73 Å². The molecule has 0 heterocycles. The molecule has 1 rings (SSSR count). The van der Waals surface area contributed by atoms with E-state index in [1.807, 2.05) is 0 Å². The van der Waals surface area contributed by atoms with Crippen molar-refractivity contribution in [2.45, 2.75) is 31.2 Å². The van der Waals surface area contributed by atoms with Gasteiger partial charge in [-0.15, -0.1) is 18.8 Å². The molecule has 1 aliphatic rings. The van der Waals surface area contributed by atoms with Crippen molar-refractivity contribution in [2.75, 3.05) is 0 Å². The van der Waals surface area contributed by atoms with Gasteiger partial charge in [-0.3, -0.25) is 0 Å². The molecule has 0 aromatic carbocycles. The van der Waals surface area contributed by atoms with E-state index in [2.05, 4.69) is 5.92 Å². The highest BCUT2D eigenvalue weighted by atomic mass is 35.5. The molecule has 0 aliphatic heterocycles. The molecule has 2 N–H and O–H groups in total. The van der Waals surface area contributed by atoms with Crippen molar-refractivity contribution in [3.05, 3.63) is 0 Å². The van der Waals surface area contributed by atoms with Crippen LogP contribution in [-0.2, 0) is 0 Å². The van der Waals surface area contributed by atoms with Gasteiger partial charge in [0.1, 0.15) is 0 Å². The van der Waals surface area contributed by atoms with Crippen LogP contribution in [0.25, 0.3) is 0 Å². The molecular weight excluding hydrogens is 184 g/mol. The standard InChI is InChI=1S/C8H11F2N.ClH/c1-3-7(2,11)6-4-8(9,10)5-6;/h1,6H,4-5,11H2,2H3;1H. The van der Waals surface area contributed by atoms with Gasteiger partial charge in [-0.1, -0.05) is 5.92 Å². The molecule has 1 fully saturated rings. The summed E-state index contributed by atoms with van der Waals surface area (Å²) in [6.07, 6.45) is 4.76. The maximum Gasteiger partial charge on any atom is 0.248 e.